The zero-order valence-electron chi connectivity index (χ0n) is 17.4. The Labute approximate surface area is 188 Å². The minimum absolute atomic E-state index is 0.00609. The molecule has 0 radical (unpaired) electrons. The first-order chi connectivity index (χ1) is 15.8. The lowest BCUT2D eigenvalue weighted by molar-refractivity contribution is -0.157. The van der Waals surface area contributed by atoms with Gasteiger partial charge in [0.05, 0.1) is 36.1 Å². The van der Waals surface area contributed by atoms with Crippen LogP contribution in [0.1, 0.15) is 23.7 Å². The van der Waals surface area contributed by atoms with Crippen molar-refractivity contribution in [3.05, 3.63) is 90.3 Å². The predicted octanol–water partition coefficient (Wildman–Crippen LogP) is 4.07. The van der Waals surface area contributed by atoms with E-state index in [4.69, 9.17) is 0 Å². The number of aromatic nitrogens is 1. The topological polar surface area (TPSA) is 74.3 Å². The molecule has 0 saturated heterocycles. The van der Waals surface area contributed by atoms with Crippen LogP contribution in [-0.4, -0.2) is 35.6 Å². The third kappa shape index (κ3) is 5.04. The normalized spacial score (nSPS) is 17.0. The third-order valence-electron chi connectivity index (χ3n) is 5.35. The first-order valence-electron chi connectivity index (χ1n) is 10.3. The molecule has 4 rings (SSSR count). The Morgan fingerprint density at radius 2 is 1.76 bits per heavy atom. The zero-order chi connectivity index (χ0) is 23.4. The summed E-state index contributed by atoms with van der Waals surface area (Å²) in [5, 5.41) is 5.52. The molecular weight excluding hydrogens is 433 g/mol. The number of fused-ring (bicyclic) bond motifs is 1. The van der Waals surface area contributed by atoms with Crippen LogP contribution in [-0.2, 0) is 9.59 Å². The largest absolute Gasteiger partial charge is 0.409 e. The second-order valence-corrected chi connectivity index (χ2v) is 7.57. The van der Waals surface area contributed by atoms with Crippen molar-refractivity contribution in [2.75, 3.05) is 16.8 Å². The number of hydrogen-bond acceptors (Lipinski definition) is 4. The summed E-state index contributed by atoms with van der Waals surface area (Å²) in [4.78, 5) is 30.4. The number of rotatable bonds is 5. The van der Waals surface area contributed by atoms with E-state index in [9.17, 15) is 22.8 Å². The number of carbonyl (C=O) groups excluding carboxylic acids is 2. The van der Waals surface area contributed by atoms with Gasteiger partial charge in [0.15, 0.2) is 0 Å². The highest BCUT2D eigenvalue weighted by Crippen LogP contribution is 2.37. The number of benzene rings is 2. The summed E-state index contributed by atoms with van der Waals surface area (Å²) < 4.78 is 41.8. The molecule has 0 spiro atoms. The maximum absolute atomic E-state index is 13.9. The third-order valence-corrected chi connectivity index (χ3v) is 5.35. The predicted molar refractivity (Wildman–Crippen MR) is 118 cm³/mol. The molecule has 1 aliphatic rings. The summed E-state index contributed by atoms with van der Waals surface area (Å²) in [6, 6.07) is 17.7. The molecule has 33 heavy (non-hydrogen) atoms. The van der Waals surface area contributed by atoms with Crippen LogP contribution in [0.5, 0.6) is 0 Å². The molecule has 2 unspecified atom stereocenters. The number of alkyl halides is 3. The van der Waals surface area contributed by atoms with Crippen molar-refractivity contribution in [2.24, 2.45) is 0 Å². The summed E-state index contributed by atoms with van der Waals surface area (Å²) in [6.07, 6.45) is -4.06. The molecule has 2 N–H and O–H groups in total. The minimum Gasteiger partial charge on any atom is -0.324 e. The van der Waals surface area contributed by atoms with Gasteiger partial charge in [0.1, 0.15) is 6.04 Å². The van der Waals surface area contributed by atoms with Gasteiger partial charge in [-0.25, -0.2) is 0 Å². The Hall–Kier alpha value is -3.72. The van der Waals surface area contributed by atoms with Crippen molar-refractivity contribution in [1.29, 1.82) is 0 Å². The van der Waals surface area contributed by atoms with E-state index in [1.54, 1.807) is 30.5 Å². The van der Waals surface area contributed by atoms with E-state index in [2.05, 4.69) is 15.6 Å². The van der Waals surface area contributed by atoms with E-state index >= 15 is 0 Å². The average Bonchev–Trinajstić information content (AvgIpc) is 2.96. The van der Waals surface area contributed by atoms with Crippen LogP contribution in [0.15, 0.2) is 79.0 Å². The van der Waals surface area contributed by atoms with Gasteiger partial charge >= 0.3 is 6.18 Å². The van der Waals surface area contributed by atoms with E-state index in [-0.39, 0.29) is 11.4 Å². The molecule has 9 heteroatoms. The molecule has 3 aromatic rings. The maximum atomic E-state index is 13.9. The van der Waals surface area contributed by atoms with Crippen molar-refractivity contribution in [3.8, 4) is 0 Å². The molecular formula is C24H21F3N4O2. The van der Waals surface area contributed by atoms with Crippen LogP contribution in [0, 0.1) is 0 Å². The first-order valence-corrected chi connectivity index (χ1v) is 10.3. The number of amides is 2. The number of para-hydroxylation sites is 2. The van der Waals surface area contributed by atoms with Gasteiger partial charge in [-0.1, -0.05) is 48.5 Å². The molecule has 170 valence electrons. The van der Waals surface area contributed by atoms with Crippen molar-refractivity contribution in [3.63, 3.8) is 0 Å². The number of halogens is 3. The monoisotopic (exact) mass is 454 g/mol. The number of hydrogen-bond donors (Lipinski definition) is 2. The van der Waals surface area contributed by atoms with E-state index in [0.717, 1.165) is 5.56 Å². The molecule has 1 aromatic heterocycles. The zero-order valence-corrected chi connectivity index (χ0v) is 17.4. The van der Waals surface area contributed by atoms with Crippen molar-refractivity contribution < 1.29 is 22.8 Å². The first kappa shape index (κ1) is 22.5. The lowest BCUT2D eigenvalue weighted by Crippen LogP contribution is -2.52. The van der Waals surface area contributed by atoms with Gasteiger partial charge in [-0.3, -0.25) is 24.8 Å². The maximum Gasteiger partial charge on any atom is 0.409 e. The van der Waals surface area contributed by atoms with Crippen molar-refractivity contribution in [1.82, 2.24) is 10.3 Å². The standard InChI is InChI=1S/C24H21F3N4O2/c25-24(26,27)20-14-21(32)30-17-10-4-5-12-19(17)31(20)22(33)15-29-23(16-8-2-1-3-9-16)18-11-6-7-13-28-18/h1-13,20,23,29H,14-15H2,(H,30,32). The molecule has 2 atom stereocenters. The smallest absolute Gasteiger partial charge is 0.324 e. The van der Waals surface area contributed by atoms with Crippen LogP contribution in [0.3, 0.4) is 0 Å². The fourth-order valence-corrected chi connectivity index (χ4v) is 3.86. The van der Waals surface area contributed by atoms with Gasteiger partial charge in [-0.05, 0) is 29.8 Å². The molecule has 0 bridgehead atoms. The van der Waals surface area contributed by atoms with E-state index < -0.39 is 43.0 Å². The van der Waals surface area contributed by atoms with E-state index in [0.29, 0.717) is 10.6 Å². The number of nitrogens with one attached hydrogen (secondary N) is 2. The summed E-state index contributed by atoms with van der Waals surface area (Å²) in [5.74, 6) is -1.61. The van der Waals surface area contributed by atoms with Crippen LogP contribution in [0.4, 0.5) is 24.5 Å². The highest BCUT2D eigenvalue weighted by atomic mass is 19.4. The lowest BCUT2D eigenvalue weighted by atomic mass is 10.0. The molecule has 0 saturated carbocycles. The summed E-state index contributed by atoms with van der Waals surface area (Å²) in [7, 11) is 0. The molecule has 2 aromatic carbocycles. The number of anilines is 2. The van der Waals surface area contributed by atoms with Crippen LogP contribution < -0.4 is 15.5 Å². The Morgan fingerprint density at radius 1 is 1.06 bits per heavy atom. The Balaban J connectivity index is 1.65. The quantitative estimate of drug-likeness (QED) is 0.610. The summed E-state index contributed by atoms with van der Waals surface area (Å²) in [6.45, 7) is -0.398. The van der Waals surface area contributed by atoms with Gasteiger partial charge in [-0.2, -0.15) is 13.2 Å². The lowest BCUT2D eigenvalue weighted by Gasteiger charge is -2.32. The number of pyridine rings is 1. The van der Waals surface area contributed by atoms with Crippen LogP contribution in [0.2, 0.25) is 0 Å². The van der Waals surface area contributed by atoms with Crippen LogP contribution in [0.25, 0.3) is 0 Å². The van der Waals surface area contributed by atoms with E-state index in [1.807, 2.05) is 30.3 Å². The Morgan fingerprint density at radius 3 is 2.45 bits per heavy atom. The van der Waals surface area contributed by atoms with Gasteiger partial charge in [-0.15, -0.1) is 0 Å². The fourth-order valence-electron chi connectivity index (χ4n) is 3.86. The van der Waals surface area contributed by atoms with Gasteiger partial charge in [0, 0.05) is 6.20 Å². The SMILES string of the molecule is O=C1CC(C(F)(F)F)N(C(=O)CNC(c2ccccc2)c2ccccn2)c2ccccc2N1. The van der Waals surface area contributed by atoms with Crippen LogP contribution >= 0.6 is 0 Å². The minimum atomic E-state index is -4.79. The second-order valence-electron chi connectivity index (χ2n) is 7.57. The fraction of sp³-hybridized carbons (Fsp3) is 0.208. The molecule has 6 nitrogen and oxygen atoms in total. The summed E-state index contributed by atoms with van der Waals surface area (Å²) in [5.41, 5.74) is 1.60. The summed E-state index contributed by atoms with van der Waals surface area (Å²) >= 11 is 0. The van der Waals surface area contributed by atoms with Gasteiger partial charge in [0.2, 0.25) is 11.8 Å². The Bertz CT molecular complexity index is 1080. The van der Waals surface area contributed by atoms with Gasteiger partial charge in [0.25, 0.3) is 0 Å². The highest BCUT2D eigenvalue weighted by Gasteiger charge is 2.48. The van der Waals surface area contributed by atoms with Gasteiger partial charge < -0.3 is 5.32 Å². The molecule has 0 fully saturated rings. The van der Waals surface area contributed by atoms with Crippen molar-refractivity contribution >= 4 is 23.2 Å². The molecule has 1 aliphatic heterocycles. The molecule has 2 amide bonds. The molecule has 2 heterocycles. The number of carbonyl (C=O) groups is 2. The number of nitrogens with zero attached hydrogens (tertiary/aromatic N) is 2. The average molecular weight is 454 g/mol. The van der Waals surface area contributed by atoms with Crippen molar-refractivity contribution in [2.45, 2.75) is 24.7 Å². The molecule has 0 aliphatic carbocycles. The Kier molecular flexibility index (Phi) is 6.41. The highest BCUT2D eigenvalue weighted by molar-refractivity contribution is 6.05. The van der Waals surface area contributed by atoms with E-state index in [1.165, 1.54) is 18.2 Å². The second kappa shape index (κ2) is 9.41.